The number of ketones is 1. The number of likely N-dealkylation sites (tertiary alicyclic amines) is 1. The Labute approximate surface area is 208 Å². The number of hydrogen-bond donors (Lipinski definition) is 0. The van der Waals surface area contributed by atoms with E-state index in [0.717, 1.165) is 36.2 Å². The van der Waals surface area contributed by atoms with Crippen LogP contribution in [0.5, 0.6) is 5.75 Å². The van der Waals surface area contributed by atoms with E-state index in [4.69, 9.17) is 9.47 Å². The number of thioether (sulfide) groups is 1. The summed E-state index contributed by atoms with van der Waals surface area (Å²) in [5.41, 5.74) is 1.43. The monoisotopic (exact) mass is 498 g/mol. The predicted octanol–water partition coefficient (Wildman–Crippen LogP) is 5.17. The molecule has 1 aliphatic rings. The number of carbonyl (C=O) groups is 2. The molecule has 0 radical (unpaired) electrons. The van der Waals surface area contributed by atoms with Crippen LogP contribution in [0.25, 0.3) is 10.9 Å². The van der Waals surface area contributed by atoms with Crippen LogP contribution in [0.2, 0.25) is 0 Å². The van der Waals surface area contributed by atoms with E-state index < -0.39 is 0 Å². The lowest BCUT2D eigenvalue weighted by atomic mass is 9.81. The molecule has 8 heteroatoms. The van der Waals surface area contributed by atoms with Gasteiger partial charge in [0.05, 0.1) is 29.9 Å². The smallest absolute Gasteiger partial charge is 0.310 e. The van der Waals surface area contributed by atoms with Gasteiger partial charge in [-0.25, -0.2) is 0 Å². The maximum atomic E-state index is 13.2. The number of hydrogen-bond acceptors (Lipinski definition) is 8. The van der Waals surface area contributed by atoms with Crippen molar-refractivity contribution in [3.63, 3.8) is 0 Å². The summed E-state index contributed by atoms with van der Waals surface area (Å²) in [6, 6.07) is 11.5. The molecule has 180 valence electrons. The van der Waals surface area contributed by atoms with Crippen LogP contribution in [-0.2, 0) is 9.53 Å². The fraction of sp³-hybridized carbons (Fsp3) is 0.423. The average molecular weight is 499 g/mol. The number of pyridine rings is 1. The Balaban J connectivity index is 1.37. The van der Waals surface area contributed by atoms with Gasteiger partial charge in [0.1, 0.15) is 5.75 Å². The molecule has 1 aromatic carbocycles. The van der Waals surface area contributed by atoms with Crippen LogP contribution in [-0.4, -0.2) is 61.2 Å². The highest BCUT2D eigenvalue weighted by Gasteiger charge is 2.35. The average Bonchev–Trinajstić information content (AvgIpc) is 3.40. The molecule has 1 aliphatic heterocycles. The van der Waals surface area contributed by atoms with Crippen molar-refractivity contribution in [1.29, 1.82) is 0 Å². The summed E-state index contributed by atoms with van der Waals surface area (Å²) in [7, 11) is 3.06. The normalized spacial score (nSPS) is 18.6. The topological polar surface area (TPSA) is 68.7 Å². The molecule has 2 aromatic heterocycles. The maximum absolute atomic E-state index is 13.2. The van der Waals surface area contributed by atoms with E-state index in [1.54, 1.807) is 30.7 Å². The third-order valence-corrected chi connectivity index (χ3v) is 8.59. The van der Waals surface area contributed by atoms with E-state index in [-0.39, 0.29) is 23.6 Å². The van der Waals surface area contributed by atoms with Gasteiger partial charge >= 0.3 is 5.97 Å². The van der Waals surface area contributed by atoms with Gasteiger partial charge in [0.15, 0.2) is 5.78 Å². The molecule has 2 atom stereocenters. The van der Waals surface area contributed by atoms with Crippen molar-refractivity contribution < 1.29 is 19.1 Å². The second-order valence-corrected chi connectivity index (χ2v) is 10.8. The largest absolute Gasteiger partial charge is 0.497 e. The number of fused-ring (bicyclic) bond motifs is 1. The molecule has 3 aromatic rings. The van der Waals surface area contributed by atoms with Gasteiger partial charge in [-0.2, -0.15) is 0 Å². The first-order valence-corrected chi connectivity index (χ1v) is 13.4. The number of rotatable bonds is 10. The Bertz CT molecular complexity index is 1120. The number of ether oxygens (including phenoxy) is 2. The lowest BCUT2D eigenvalue weighted by molar-refractivity contribution is -0.149. The van der Waals surface area contributed by atoms with Crippen molar-refractivity contribution in [2.45, 2.75) is 23.5 Å². The molecule has 0 saturated carbocycles. The third kappa shape index (κ3) is 5.98. The third-order valence-electron chi connectivity index (χ3n) is 6.48. The van der Waals surface area contributed by atoms with Crippen molar-refractivity contribution in [3.05, 3.63) is 53.5 Å². The van der Waals surface area contributed by atoms with Gasteiger partial charge in [0.25, 0.3) is 0 Å². The number of nitrogens with zero attached hydrogens (tertiary/aromatic N) is 2. The number of aromatic nitrogens is 1. The van der Waals surface area contributed by atoms with Gasteiger partial charge in [-0.1, -0.05) is 6.07 Å². The summed E-state index contributed by atoms with van der Waals surface area (Å²) in [6.07, 6.45) is 3.63. The molecule has 0 amide bonds. The number of carbonyl (C=O) groups excluding carboxylic acids is 2. The van der Waals surface area contributed by atoms with Crippen LogP contribution in [0, 0.1) is 11.8 Å². The SMILES string of the molecule is COC(=O)[C@H]1CN(CCSc2cccs2)CC[C@H]1CCC(=O)c1ccnc2ccc(OC)cc12. The summed E-state index contributed by atoms with van der Waals surface area (Å²) in [4.78, 5) is 32.5. The molecule has 0 unspecified atom stereocenters. The zero-order valence-corrected chi connectivity index (χ0v) is 21.2. The van der Waals surface area contributed by atoms with Crippen molar-refractivity contribution >= 4 is 45.8 Å². The van der Waals surface area contributed by atoms with Gasteiger partial charge in [0, 0.05) is 42.4 Å². The number of Topliss-reactive ketones (excluding diaryl/α,β-unsaturated/α-hetero) is 1. The fourth-order valence-electron chi connectivity index (χ4n) is 4.60. The van der Waals surface area contributed by atoms with E-state index in [1.165, 1.54) is 11.3 Å². The minimum atomic E-state index is -0.201. The molecule has 0 aliphatic carbocycles. The van der Waals surface area contributed by atoms with Crippen LogP contribution < -0.4 is 4.74 Å². The molecule has 3 heterocycles. The molecule has 1 saturated heterocycles. The Morgan fingerprint density at radius 1 is 1.24 bits per heavy atom. The quantitative estimate of drug-likeness (QED) is 0.217. The molecule has 0 N–H and O–H groups in total. The zero-order valence-electron chi connectivity index (χ0n) is 19.6. The van der Waals surface area contributed by atoms with E-state index in [9.17, 15) is 9.59 Å². The van der Waals surface area contributed by atoms with Gasteiger partial charge < -0.3 is 14.4 Å². The van der Waals surface area contributed by atoms with Crippen molar-refractivity contribution in [2.75, 3.05) is 39.6 Å². The standard InChI is InChI=1S/C26H30N2O4S2/c1-31-19-6-7-23-21(16-19)20(9-11-27-23)24(29)8-5-18-10-12-28(17-22(18)26(30)32-2)13-15-34-25-4-3-14-33-25/h3-4,6-7,9,11,14,16,18,22H,5,8,10,12-13,15,17H2,1-2H3/t18-,22+/m1/s1. The summed E-state index contributed by atoms with van der Waals surface area (Å²) < 4.78 is 11.8. The van der Waals surface area contributed by atoms with Crippen molar-refractivity contribution in [2.24, 2.45) is 11.8 Å². The van der Waals surface area contributed by atoms with Gasteiger partial charge in [0.2, 0.25) is 0 Å². The van der Waals surface area contributed by atoms with Crippen molar-refractivity contribution in [3.8, 4) is 5.75 Å². The number of benzene rings is 1. The summed E-state index contributed by atoms with van der Waals surface area (Å²) in [5.74, 6) is 1.53. The van der Waals surface area contributed by atoms with Crippen LogP contribution in [0.3, 0.4) is 0 Å². The number of piperidine rings is 1. The highest BCUT2D eigenvalue weighted by atomic mass is 32.2. The molecule has 0 spiro atoms. The summed E-state index contributed by atoms with van der Waals surface area (Å²) in [5, 5.41) is 2.89. The molecular weight excluding hydrogens is 468 g/mol. The number of methoxy groups -OCH3 is 2. The summed E-state index contributed by atoms with van der Waals surface area (Å²) >= 11 is 3.61. The molecule has 6 nitrogen and oxygen atoms in total. The first-order valence-electron chi connectivity index (χ1n) is 11.5. The molecule has 0 bridgehead atoms. The summed E-state index contributed by atoms with van der Waals surface area (Å²) in [6.45, 7) is 2.56. The fourth-order valence-corrected chi connectivity index (χ4v) is 6.47. The van der Waals surface area contributed by atoms with E-state index >= 15 is 0 Å². The molecular formula is C26H30N2O4S2. The Morgan fingerprint density at radius 2 is 2.12 bits per heavy atom. The first kappa shape index (κ1) is 24.7. The highest BCUT2D eigenvalue weighted by molar-refractivity contribution is 8.01. The maximum Gasteiger partial charge on any atom is 0.310 e. The minimum absolute atomic E-state index is 0.0686. The van der Waals surface area contributed by atoms with Crippen molar-refractivity contribution in [1.82, 2.24) is 9.88 Å². The lowest BCUT2D eigenvalue weighted by Crippen LogP contribution is -2.45. The van der Waals surface area contributed by atoms with Gasteiger partial charge in [-0.05, 0) is 61.0 Å². The molecule has 1 fully saturated rings. The highest BCUT2D eigenvalue weighted by Crippen LogP contribution is 2.31. The lowest BCUT2D eigenvalue weighted by Gasteiger charge is -2.37. The Hall–Kier alpha value is -2.42. The predicted molar refractivity (Wildman–Crippen MR) is 137 cm³/mol. The zero-order chi connectivity index (χ0) is 23.9. The second-order valence-electron chi connectivity index (χ2n) is 8.46. The van der Waals surface area contributed by atoms with Gasteiger partial charge in [-0.3, -0.25) is 14.6 Å². The molecule has 4 rings (SSSR count). The molecule has 34 heavy (non-hydrogen) atoms. The van der Waals surface area contributed by atoms with Crippen LogP contribution in [0.15, 0.2) is 52.2 Å². The Morgan fingerprint density at radius 3 is 2.88 bits per heavy atom. The van der Waals surface area contributed by atoms with Crippen LogP contribution >= 0.6 is 23.1 Å². The Kier molecular flexibility index (Phi) is 8.59. The van der Waals surface area contributed by atoms with E-state index in [0.29, 0.717) is 30.7 Å². The van der Waals surface area contributed by atoms with Crippen LogP contribution in [0.4, 0.5) is 0 Å². The van der Waals surface area contributed by atoms with E-state index in [1.807, 2.05) is 30.0 Å². The van der Waals surface area contributed by atoms with E-state index in [2.05, 4.69) is 27.4 Å². The first-order chi connectivity index (χ1) is 16.6. The van der Waals surface area contributed by atoms with Gasteiger partial charge in [-0.15, -0.1) is 23.1 Å². The van der Waals surface area contributed by atoms with Crippen LogP contribution in [0.1, 0.15) is 29.6 Å². The second kappa shape index (κ2) is 11.8. The number of thiophene rings is 1. The minimum Gasteiger partial charge on any atom is -0.497 e. The number of esters is 1.